The average Bonchev–Trinajstić information content (AvgIpc) is 2.96. The van der Waals surface area contributed by atoms with Crippen molar-refractivity contribution >= 4 is 29.9 Å². The summed E-state index contributed by atoms with van der Waals surface area (Å²) in [5.74, 6) is 2.48. The van der Waals surface area contributed by atoms with Gasteiger partial charge in [-0.05, 0) is 38.0 Å². The van der Waals surface area contributed by atoms with Gasteiger partial charge in [0.2, 0.25) is 0 Å². The van der Waals surface area contributed by atoms with Crippen LogP contribution in [0.5, 0.6) is 0 Å². The van der Waals surface area contributed by atoms with Crippen molar-refractivity contribution in [3.05, 3.63) is 0 Å². The van der Waals surface area contributed by atoms with Crippen LogP contribution >= 0.6 is 24.0 Å². The largest absolute Gasteiger partial charge is 0.377 e. The van der Waals surface area contributed by atoms with E-state index in [-0.39, 0.29) is 24.0 Å². The summed E-state index contributed by atoms with van der Waals surface area (Å²) in [6.45, 7) is 9.22. The molecule has 3 atom stereocenters. The van der Waals surface area contributed by atoms with Crippen molar-refractivity contribution in [2.45, 2.75) is 70.6 Å². The first-order valence-corrected chi connectivity index (χ1v) is 10.5. The number of nitrogens with zero attached hydrogens (tertiary/aromatic N) is 2. The Morgan fingerprint density at radius 3 is 2.50 bits per heavy atom. The van der Waals surface area contributed by atoms with Crippen molar-refractivity contribution in [2.24, 2.45) is 22.2 Å². The van der Waals surface area contributed by atoms with Crippen LogP contribution < -0.4 is 10.6 Å². The smallest absolute Gasteiger partial charge is 0.191 e. The zero-order valence-electron chi connectivity index (χ0n) is 16.7. The highest BCUT2D eigenvalue weighted by Gasteiger charge is 2.66. The van der Waals surface area contributed by atoms with Crippen LogP contribution in [-0.2, 0) is 4.74 Å². The van der Waals surface area contributed by atoms with Crippen LogP contribution in [0.15, 0.2) is 4.99 Å². The quantitative estimate of drug-likeness (QED) is 0.372. The SMILES string of the molecule is CN=C(NC1CCN(CC(C)C)CC1)NC1C2CCOC2C12CCC2.I. The average molecular weight is 476 g/mol. The third-order valence-electron chi connectivity index (χ3n) is 7.10. The van der Waals surface area contributed by atoms with Crippen LogP contribution in [0.4, 0.5) is 0 Å². The Balaban J connectivity index is 0.00000196. The van der Waals surface area contributed by atoms with Gasteiger partial charge in [-0.2, -0.15) is 0 Å². The fraction of sp³-hybridized carbons (Fsp3) is 0.950. The monoisotopic (exact) mass is 476 g/mol. The summed E-state index contributed by atoms with van der Waals surface area (Å²) in [4.78, 5) is 7.16. The summed E-state index contributed by atoms with van der Waals surface area (Å²) in [6, 6.07) is 1.13. The molecule has 2 saturated carbocycles. The van der Waals surface area contributed by atoms with Gasteiger partial charge >= 0.3 is 0 Å². The number of fused-ring (bicyclic) bond motifs is 2. The van der Waals surface area contributed by atoms with Gasteiger partial charge in [0, 0.05) is 56.7 Å². The molecule has 150 valence electrons. The van der Waals surface area contributed by atoms with Crippen molar-refractivity contribution in [1.29, 1.82) is 0 Å². The minimum Gasteiger partial charge on any atom is -0.377 e. The van der Waals surface area contributed by atoms with Crippen molar-refractivity contribution < 1.29 is 4.74 Å². The molecule has 2 N–H and O–H groups in total. The molecular formula is C20H37IN4O. The van der Waals surface area contributed by atoms with Gasteiger partial charge in [0.15, 0.2) is 5.96 Å². The number of rotatable bonds is 4. The number of aliphatic imine (C=N–C) groups is 1. The third kappa shape index (κ3) is 3.75. The zero-order chi connectivity index (χ0) is 17.4. The van der Waals surface area contributed by atoms with Crippen molar-refractivity contribution in [3.63, 3.8) is 0 Å². The lowest BCUT2D eigenvalue weighted by molar-refractivity contribution is -0.171. The van der Waals surface area contributed by atoms with Crippen LogP contribution in [0.3, 0.4) is 0 Å². The highest BCUT2D eigenvalue weighted by Crippen LogP contribution is 2.62. The molecule has 2 aliphatic heterocycles. The highest BCUT2D eigenvalue weighted by molar-refractivity contribution is 14.0. The summed E-state index contributed by atoms with van der Waals surface area (Å²) in [5, 5.41) is 7.52. The van der Waals surface area contributed by atoms with Crippen LogP contribution in [-0.4, -0.2) is 62.3 Å². The van der Waals surface area contributed by atoms with E-state index < -0.39 is 0 Å². The van der Waals surface area contributed by atoms with E-state index in [1.807, 2.05) is 7.05 Å². The minimum atomic E-state index is 0. The molecule has 0 aromatic carbocycles. The molecule has 5 nitrogen and oxygen atoms in total. The van der Waals surface area contributed by atoms with E-state index in [1.54, 1.807) is 0 Å². The van der Waals surface area contributed by atoms with E-state index in [0.717, 1.165) is 18.5 Å². The second kappa shape index (κ2) is 8.52. The Bertz CT molecular complexity index is 500. The first-order chi connectivity index (χ1) is 12.1. The summed E-state index contributed by atoms with van der Waals surface area (Å²) in [5.41, 5.74) is 0.416. The maximum Gasteiger partial charge on any atom is 0.191 e. The predicted octanol–water partition coefficient (Wildman–Crippen LogP) is 2.85. The summed E-state index contributed by atoms with van der Waals surface area (Å²) in [7, 11) is 1.91. The molecule has 2 heterocycles. The maximum absolute atomic E-state index is 6.04. The second-order valence-corrected chi connectivity index (χ2v) is 9.14. The van der Waals surface area contributed by atoms with Gasteiger partial charge in [-0.15, -0.1) is 24.0 Å². The number of guanidine groups is 1. The van der Waals surface area contributed by atoms with E-state index in [0.29, 0.717) is 29.5 Å². The van der Waals surface area contributed by atoms with Gasteiger partial charge in [-0.1, -0.05) is 20.3 Å². The van der Waals surface area contributed by atoms with Gasteiger partial charge in [0.25, 0.3) is 0 Å². The molecular weight excluding hydrogens is 439 g/mol. The highest BCUT2D eigenvalue weighted by atomic mass is 127. The molecule has 6 heteroatoms. The fourth-order valence-corrected chi connectivity index (χ4v) is 5.74. The lowest BCUT2D eigenvalue weighted by Crippen LogP contribution is -2.72. The van der Waals surface area contributed by atoms with Gasteiger partial charge in [-0.3, -0.25) is 4.99 Å². The summed E-state index contributed by atoms with van der Waals surface area (Å²) >= 11 is 0. The molecule has 0 bridgehead atoms. The topological polar surface area (TPSA) is 48.9 Å². The van der Waals surface area contributed by atoms with Gasteiger partial charge < -0.3 is 20.3 Å². The normalized spacial score (nSPS) is 34.0. The lowest BCUT2D eigenvalue weighted by Gasteiger charge is -2.63. The first kappa shape index (κ1) is 20.6. The molecule has 1 spiro atoms. The molecule has 3 unspecified atom stereocenters. The molecule has 4 fully saturated rings. The fourth-order valence-electron chi connectivity index (χ4n) is 5.74. The number of piperidine rings is 1. The van der Waals surface area contributed by atoms with Gasteiger partial charge in [0.05, 0.1) is 6.10 Å². The molecule has 0 aromatic rings. The third-order valence-corrected chi connectivity index (χ3v) is 7.10. The maximum atomic E-state index is 6.04. The van der Waals surface area contributed by atoms with Gasteiger partial charge in [0.1, 0.15) is 0 Å². The van der Waals surface area contributed by atoms with Crippen LogP contribution in [0.1, 0.15) is 52.4 Å². The molecule has 4 rings (SSSR count). The molecule has 0 radical (unpaired) electrons. The first-order valence-electron chi connectivity index (χ1n) is 10.5. The van der Waals surface area contributed by atoms with Crippen LogP contribution in [0.25, 0.3) is 0 Å². The van der Waals surface area contributed by atoms with Crippen molar-refractivity contribution in [3.8, 4) is 0 Å². The molecule has 0 amide bonds. The van der Waals surface area contributed by atoms with E-state index in [4.69, 9.17) is 4.74 Å². The zero-order valence-corrected chi connectivity index (χ0v) is 19.0. The predicted molar refractivity (Wildman–Crippen MR) is 117 cm³/mol. The minimum absolute atomic E-state index is 0. The van der Waals surface area contributed by atoms with Gasteiger partial charge in [-0.25, -0.2) is 0 Å². The Morgan fingerprint density at radius 2 is 1.92 bits per heavy atom. The number of hydrogen-bond donors (Lipinski definition) is 2. The van der Waals surface area contributed by atoms with E-state index in [9.17, 15) is 0 Å². The number of ether oxygens (including phenoxy) is 1. The van der Waals surface area contributed by atoms with E-state index in [2.05, 4.69) is 34.4 Å². The molecule has 2 saturated heterocycles. The number of nitrogens with one attached hydrogen (secondary N) is 2. The van der Waals surface area contributed by atoms with Crippen molar-refractivity contribution in [2.75, 3.05) is 33.3 Å². The Morgan fingerprint density at radius 1 is 1.19 bits per heavy atom. The van der Waals surface area contributed by atoms with E-state index >= 15 is 0 Å². The lowest BCUT2D eigenvalue weighted by atomic mass is 9.46. The molecule has 0 aromatic heterocycles. The standard InChI is InChI=1S/C20H36N4O.HI/c1-14(2)13-24-10-5-15(6-11-24)22-19(21-3)23-17-16-7-12-25-18(16)20(17)8-4-9-20;/h14-18H,4-13H2,1-3H3,(H2,21,22,23);1H. The summed E-state index contributed by atoms with van der Waals surface area (Å²) < 4.78 is 6.04. The van der Waals surface area contributed by atoms with Crippen molar-refractivity contribution in [1.82, 2.24) is 15.5 Å². The van der Waals surface area contributed by atoms with E-state index in [1.165, 1.54) is 58.2 Å². The Labute approximate surface area is 176 Å². The second-order valence-electron chi connectivity index (χ2n) is 9.14. The Hall–Kier alpha value is -0.0800. The number of halogens is 1. The van der Waals surface area contributed by atoms with Crippen LogP contribution in [0.2, 0.25) is 0 Å². The molecule has 4 aliphatic rings. The number of hydrogen-bond acceptors (Lipinski definition) is 3. The molecule has 26 heavy (non-hydrogen) atoms. The summed E-state index contributed by atoms with van der Waals surface area (Å²) in [6.07, 6.45) is 8.21. The van der Waals surface area contributed by atoms with Crippen LogP contribution in [0, 0.1) is 17.3 Å². The molecule has 2 aliphatic carbocycles. The Kier molecular flexibility index (Phi) is 6.76. The number of likely N-dealkylation sites (tertiary alicyclic amines) is 1.